The third-order valence-corrected chi connectivity index (χ3v) is 4.71. The van der Waals surface area contributed by atoms with Crippen molar-refractivity contribution in [2.75, 3.05) is 5.32 Å². The lowest BCUT2D eigenvalue weighted by atomic mass is 9.91. The average molecular weight is 292 g/mol. The minimum absolute atomic E-state index is 0.443. The highest BCUT2D eigenvalue weighted by atomic mass is 32.1. The summed E-state index contributed by atoms with van der Waals surface area (Å²) in [5.74, 6) is -1.21. The molecule has 1 aliphatic carbocycles. The predicted octanol–water partition coefficient (Wildman–Crippen LogP) is 2.29. The highest BCUT2D eigenvalue weighted by Gasteiger charge is 2.29. The lowest BCUT2D eigenvalue weighted by Gasteiger charge is -2.16. The molecule has 0 aromatic carbocycles. The number of nitrogens with one attached hydrogen (secondary N) is 2. The summed E-state index contributed by atoms with van der Waals surface area (Å²) in [6, 6.07) is 0. The maximum atomic E-state index is 11.2. The van der Waals surface area contributed by atoms with E-state index in [1.165, 1.54) is 0 Å². The first kappa shape index (κ1) is 13.1. The number of fused-ring (bicyclic) bond motifs is 1. The van der Waals surface area contributed by atoms with Crippen LogP contribution in [0.4, 0.5) is 5.13 Å². The van der Waals surface area contributed by atoms with Crippen LogP contribution in [0.1, 0.15) is 40.6 Å². The van der Waals surface area contributed by atoms with Gasteiger partial charge in [0.15, 0.2) is 5.13 Å². The Morgan fingerprint density at radius 2 is 2.50 bits per heavy atom. The second-order valence-electron chi connectivity index (χ2n) is 4.98. The molecule has 3 N–H and O–H groups in total. The molecule has 0 fully saturated rings. The molecule has 1 atom stereocenters. The molecule has 0 saturated heterocycles. The molecular formula is C13H16N4O2S. The first-order chi connectivity index (χ1) is 9.65. The number of carboxylic acids is 1. The summed E-state index contributed by atoms with van der Waals surface area (Å²) in [5, 5.41) is 20.2. The standard InChI is InChI=1S/C13H16N4O2S/c1-7-8(6-15-17-7)5-14-13-16-11-9(12(18)19)3-2-4-10(11)20-13/h6,9H,2-5H2,1H3,(H,14,16)(H,15,17)(H,18,19). The molecule has 2 heterocycles. The summed E-state index contributed by atoms with van der Waals surface area (Å²) in [5.41, 5.74) is 2.87. The molecule has 0 radical (unpaired) electrons. The zero-order valence-electron chi connectivity index (χ0n) is 11.1. The van der Waals surface area contributed by atoms with E-state index in [9.17, 15) is 9.90 Å². The van der Waals surface area contributed by atoms with Crippen LogP contribution in [0.2, 0.25) is 0 Å². The monoisotopic (exact) mass is 292 g/mol. The van der Waals surface area contributed by atoms with Crippen molar-refractivity contribution in [1.29, 1.82) is 0 Å². The average Bonchev–Trinajstić information content (AvgIpc) is 3.01. The molecule has 7 heteroatoms. The van der Waals surface area contributed by atoms with E-state index >= 15 is 0 Å². The van der Waals surface area contributed by atoms with E-state index < -0.39 is 11.9 Å². The number of aromatic amines is 1. The third-order valence-electron chi connectivity index (χ3n) is 3.62. The highest BCUT2D eigenvalue weighted by Crippen LogP contribution is 2.36. The number of aromatic nitrogens is 3. The smallest absolute Gasteiger partial charge is 0.312 e. The Kier molecular flexibility index (Phi) is 3.43. The van der Waals surface area contributed by atoms with Crippen LogP contribution in [0.3, 0.4) is 0 Å². The van der Waals surface area contributed by atoms with Crippen LogP contribution < -0.4 is 5.32 Å². The SMILES string of the molecule is Cc1[nH]ncc1CNc1nc2c(s1)CCCC2C(=O)O. The van der Waals surface area contributed by atoms with Crippen molar-refractivity contribution in [3.63, 3.8) is 0 Å². The molecule has 1 aliphatic rings. The summed E-state index contributed by atoms with van der Waals surface area (Å²) in [4.78, 5) is 16.8. The van der Waals surface area contributed by atoms with Crippen LogP contribution in [0, 0.1) is 6.92 Å². The number of thiazole rings is 1. The van der Waals surface area contributed by atoms with E-state index in [2.05, 4.69) is 20.5 Å². The minimum Gasteiger partial charge on any atom is -0.481 e. The lowest BCUT2D eigenvalue weighted by Crippen LogP contribution is -2.17. The van der Waals surface area contributed by atoms with E-state index in [0.717, 1.165) is 39.8 Å². The fourth-order valence-corrected chi connectivity index (χ4v) is 3.52. The van der Waals surface area contributed by atoms with Gasteiger partial charge >= 0.3 is 5.97 Å². The van der Waals surface area contributed by atoms with Crippen LogP contribution in [0.5, 0.6) is 0 Å². The van der Waals surface area contributed by atoms with Gasteiger partial charge in [-0.25, -0.2) is 4.98 Å². The van der Waals surface area contributed by atoms with Crippen molar-refractivity contribution in [3.8, 4) is 0 Å². The second kappa shape index (κ2) is 5.24. The molecule has 6 nitrogen and oxygen atoms in total. The number of hydrogen-bond donors (Lipinski definition) is 3. The van der Waals surface area contributed by atoms with E-state index in [1.807, 2.05) is 6.92 Å². The molecule has 20 heavy (non-hydrogen) atoms. The van der Waals surface area contributed by atoms with Crippen molar-refractivity contribution in [1.82, 2.24) is 15.2 Å². The number of rotatable bonds is 4. The van der Waals surface area contributed by atoms with Crippen LogP contribution in [0.25, 0.3) is 0 Å². The van der Waals surface area contributed by atoms with Gasteiger partial charge in [0, 0.05) is 22.7 Å². The molecule has 0 saturated carbocycles. The van der Waals surface area contributed by atoms with Gasteiger partial charge in [-0.2, -0.15) is 5.10 Å². The van der Waals surface area contributed by atoms with E-state index in [1.54, 1.807) is 17.5 Å². The van der Waals surface area contributed by atoms with Crippen molar-refractivity contribution >= 4 is 22.4 Å². The highest BCUT2D eigenvalue weighted by molar-refractivity contribution is 7.15. The molecule has 1 unspecified atom stereocenters. The Morgan fingerprint density at radius 1 is 1.65 bits per heavy atom. The Morgan fingerprint density at radius 3 is 3.20 bits per heavy atom. The van der Waals surface area contributed by atoms with Crippen LogP contribution in [-0.4, -0.2) is 26.3 Å². The summed E-state index contributed by atoms with van der Waals surface area (Å²) >= 11 is 1.57. The van der Waals surface area contributed by atoms with E-state index in [4.69, 9.17) is 0 Å². The van der Waals surface area contributed by atoms with Crippen LogP contribution in [0.15, 0.2) is 6.20 Å². The number of aryl methyl sites for hydroxylation is 2. The van der Waals surface area contributed by atoms with E-state index in [-0.39, 0.29) is 0 Å². The van der Waals surface area contributed by atoms with Gasteiger partial charge < -0.3 is 10.4 Å². The zero-order valence-corrected chi connectivity index (χ0v) is 12.0. The number of anilines is 1. The van der Waals surface area contributed by atoms with Gasteiger partial charge in [0.2, 0.25) is 0 Å². The summed E-state index contributed by atoms with van der Waals surface area (Å²) < 4.78 is 0. The summed E-state index contributed by atoms with van der Waals surface area (Å²) in [6.45, 7) is 2.61. The van der Waals surface area contributed by atoms with Crippen molar-refractivity contribution in [3.05, 3.63) is 28.0 Å². The fourth-order valence-electron chi connectivity index (χ4n) is 2.46. The molecule has 0 amide bonds. The molecular weight excluding hydrogens is 276 g/mol. The predicted molar refractivity (Wildman–Crippen MR) is 76.1 cm³/mol. The number of carbonyl (C=O) groups is 1. The van der Waals surface area contributed by atoms with Gasteiger partial charge in [-0.1, -0.05) is 0 Å². The van der Waals surface area contributed by atoms with E-state index in [0.29, 0.717) is 13.0 Å². The minimum atomic E-state index is -0.770. The number of carboxylic acid groups (broad SMARTS) is 1. The summed E-state index contributed by atoms with van der Waals surface area (Å²) in [6.07, 6.45) is 4.33. The van der Waals surface area contributed by atoms with Gasteiger partial charge in [0.25, 0.3) is 0 Å². The number of H-pyrrole nitrogens is 1. The molecule has 0 spiro atoms. The maximum absolute atomic E-state index is 11.2. The number of aliphatic carboxylic acids is 1. The first-order valence-electron chi connectivity index (χ1n) is 6.60. The Labute approximate surface area is 120 Å². The summed E-state index contributed by atoms with van der Waals surface area (Å²) in [7, 11) is 0. The molecule has 2 aromatic heterocycles. The van der Waals surface area contributed by atoms with Crippen molar-refractivity contribution in [2.24, 2.45) is 0 Å². The molecule has 0 aliphatic heterocycles. The Balaban J connectivity index is 1.76. The maximum Gasteiger partial charge on any atom is 0.312 e. The van der Waals surface area contributed by atoms with Gasteiger partial charge in [-0.3, -0.25) is 9.89 Å². The second-order valence-corrected chi connectivity index (χ2v) is 6.07. The van der Waals surface area contributed by atoms with Crippen LogP contribution in [-0.2, 0) is 17.8 Å². The number of nitrogens with zero attached hydrogens (tertiary/aromatic N) is 2. The fraction of sp³-hybridized carbons (Fsp3) is 0.462. The molecule has 3 rings (SSSR count). The molecule has 106 valence electrons. The van der Waals surface area contributed by atoms with Gasteiger partial charge in [-0.15, -0.1) is 11.3 Å². The Hall–Kier alpha value is -1.89. The van der Waals surface area contributed by atoms with Crippen molar-refractivity contribution < 1.29 is 9.90 Å². The van der Waals surface area contributed by atoms with Gasteiger partial charge in [-0.05, 0) is 26.2 Å². The molecule has 2 aromatic rings. The van der Waals surface area contributed by atoms with Crippen LogP contribution >= 0.6 is 11.3 Å². The van der Waals surface area contributed by atoms with Gasteiger partial charge in [0.1, 0.15) is 5.92 Å². The topological polar surface area (TPSA) is 90.9 Å². The quantitative estimate of drug-likeness (QED) is 0.804. The lowest BCUT2D eigenvalue weighted by molar-refractivity contribution is -0.139. The molecule has 0 bridgehead atoms. The first-order valence-corrected chi connectivity index (χ1v) is 7.42. The number of hydrogen-bond acceptors (Lipinski definition) is 5. The Bertz CT molecular complexity index is 634. The normalized spacial score (nSPS) is 17.8. The third kappa shape index (κ3) is 2.40. The van der Waals surface area contributed by atoms with Crippen molar-refractivity contribution in [2.45, 2.75) is 38.6 Å². The largest absolute Gasteiger partial charge is 0.481 e. The van der Waals surface area contributed by atoms with Gasteiger partial charge in [0.05, 0.1) is 11.9 Å². The zero-order chi connectivity index (χ0) is 14.1.